The molecule has 0 spiro atoms. The molecular weight excluding hydrogens is 266 g/mol. The number of rotatable bonds is 4. The van der Waals surface area contributed by atoms with E-state index in [2.05, 4.69) is 10.1 Å². The van der Waals surface area contributed by atoms with Crippen LogP contribution in [0, 0.1) is 28.9 Å². The molecular formula is C13H12F2N4O. The highest BCUT2D eigenvalue weighted by Crippen LogP contribution is 2.33. The average Bonchev–Trinajstić information content (AvgIpc) is 2.90. The lowest BCUT2D eigenvalue weighted by Crippen LogP contribution is -2.38. The summed E-state index contributed by atoms with van der Waals surface area (Å²) in [6, 6.07) is 4.73. The predicted molar refractivity (Wildman–Crippen MR) is 65.1 cm³/mol. The van der Waals surface area contributed by atoms with Crippen LogP contribution in [0.3, 0.4) is 0 Å². The van der Waals surface area contributed by atoms with Gasteiger partial charge in [0.15, 0.2) is 0 Å². The Balaban J connectivity index is 2.49. The maximum absolute atomic E-state index is 13.9. The lowest BCUT2D eigenvalue weighted by molar-refractivity contribution is -0.0197. The average molecular weight is 278 g/mol. The Morgan fingerprint density at radius 1 is 1.50 bits per heavy atom. The molecule has 0 bridgehead atoms. The van der Waals surface area contributed by atoms with E-state index in [4.69, 9.17) is 5.26 Å². The smallest absolute Gasteiger partial charge is 0.137 e. The lowest BCUT2D eigenvalue weighted by Gasteiger charge is -2.31. The van der Waals surface area contributed by atoms with Gasteiger partial charge in [-0.2, -0.15) is 10.4 Å². The highest BCUT2D eigenvalue weighted by Gasteiger charge is 2.39. The van der Waals surface area contributed by atoms with Gasteiger partial charge in [-0.3, -0.25) is 0 Å². The zero-order valence-electron chi connectivity index (χ0n) is 10.7. The van der Waals surface area contributed by atoms with Gasteiger partial charge in [-0.25, -0.2) is 18.4 Å². The molecule has 7 heteroatoms. The minimum absolute atomic E-state index is 0.150. The zero-order valence-corrected chi connectivity index (χ0v) is 10.7. The fourth-order valence-electron chi connectivity index (χ4n) is 1.96. The molecule has 1 heterocycles. The Morgan fingerprint density at radius 2 is 2.25 bits per heavy atom. The number of nitrogens with zero attached hydrogens (tertiary/aromatic N) is 4. The number of benzene rings is 1. The van der Waals surface area contributed by atoms with E-state index in [1.807, 2.05) is 6.07 Å². The highest BCUT2D eigenvalue weighted by atomic mass is 19.1. The van der Waals surface area contributed by atoms with Gasteiger partial charge in [-0.15, -0.1) is 0 Å². The van der Waals surface area contributed by atoms with Gasteiger partial charge >= 0.3 is 0 Å². The molecule has 1 aromatic heterocycles. The van der Waals surface area contributed by atoms with Crippen molar-refractivity contribution in [1.82, 2.24) is 14.8 Å². The Morgan fingerprint density at radius 3 is 2.80 bits per heavy atom. The molecule has 1 aromatic carbocycles. The van der Waals surface area contributed by atoms with Crippen LogP contribution in [0.2, 0.25) is 0 Å². The molecule has 0 unspecified atom stereocenters. The first-order chi connectivity index (χ1) is 9.47. The molecule has 0 saturated heterocycles. The van der Waals surface area contributed by atoms with E-state index in [1.54, 1.807) is 0 Å². The van der Waals surface area contributed by atoms with Crippen molar-refractivity contribution >= 4 is 0 Å². The minimum atomic E-state index is -1.83. The first-order valence-electron chi connectivity index (χ1n) is 5.87. The molecule has 0 aliphatic heterocycles. The normalized spacial score (nSPS) is 15.3. The second kappa shape index (κ2) is 5.35. The standard InChI is InChI=1S/C13H12F2N4O/c1-9(5-16)13(20,6-19-8-17-7-18-19)11-3-2-10(14)4-12(11)15/h2-4,7-9,20H,6H2,1H3/t9-,13+/m1/s1. The Labute approximate surface area is 114 Å². The predicted octanol–water partition coefficient (Wildman–Crippen LogP) is 1.60. The third-order valence-electron chi connectivity index (χ3n) is 3.18. The zero-order chi connectivity index (χ0) is 14.8. The van der Waals surface area contributed by atoms with Crippen LogP contribution < -0.4 is 0 Å². The number of aromatic nitrogens is 3. The van der Waals surface area contributed by atoms with Crippen LogP contribution in [0.15, 0.2) is 30.9 Å². The summed E-state index contributed by atoms with van der Waals surface area (Å²) in [6.07, 6.45) is 2.61. The van der Waals surface area contributed by atoms with Gasteiger partial charge in [0.25, 0.3) is 0 Å². The molecule has 5 nitrogen and oxygen atoms in total. The third-order valence-corrected chi connectivity index (χ3v) is 3.18. The van der Waals surface area contributed by atoms with E-state index in [0.29, 0.717) is 6.07 Å². The van der Waals surface area contributed by atoms with Crippen molar-refractivity contribution < 1.29 is 13.9 Å². The third kappa shape index (κ3) is 2.51. The van der Waals surface area contributed by atoms with Crippen molar-refractivity contribution in [2.24, 2.45) is 5.92 Å². The molecule has 1 N–H and O–H groups in total. The van der Waals surface area contributed by atoms with Crippen molar-refractivity contribution in [2.45, 2.75) is 19.1 Å². The number of nitriles is 1. The van der Waals surface area contributed by atoms with Crippen LogP contribution in [0.4, 0.5) is 8.78 Å². The Bertz CT molecular complexity index is 638. The van der Waals surface area contributed by atoms with E-state index in [-0.39, 0.29) is 12.1 Å². The molecule has 0 radical (unpaired) electrons. The second-order valence-corrected chi connectivity index (χ2v) is 4.49. The van der Waals surface area contributed by atoms with E-state index < -0.39 is 23.2 Å². The van der Waals surface area contributed by atoms with Crippen molar-refractivity contribution in [3.05, 3.63) is 48.1 Å². The number of aliphatic hydroxyl groups is 1. The molecule has 104 valence electrons. The quantitative estimate of drug-likeness (QED) is 0.921. The van der Waals surface area contributed by atoms with Crippen molar-refractivity contribution in [3.8, 4) is 6.07 Å². The first kappa shape index (κ1) is 14.1. The molecule has 0 aliphatic carbocycles. The van der Waals surface area contributed by atoms with Crippen LogP contribution in [0.5, 0.6) is 0 Å². The maximum atomic E-state index is 13.9. The monoisotopic (exact) mass is 278 g/mol. The summed E-state index contributed by atoms with van der Waals surface area (Å²) in [4.78, 5) is 3.73. The summed E-state index contributed by atoms with van der Waals surface area (Å²) >= 11 is 0. The molecule has 0 amide bonds. The Hall–Kier alpha value is -2.33. The molecule has 0 saturated carbocycles. The summed E-state index contributed by atoms with van der Waals surface area (Å²) in [5.74, 6) is -2.58. The summed E-state index contributed by atoms with van der Waals surface area (Å²) in [7, 11) is 0. The maximum Gasteiger partial charge on any atom is 0.137 e. The van der Waals surface area contributed by atoms with Gasteiger partial charge in [0.05, 0.1) is 18.5 Å². The van der Waals surface area contributed by atoms with E-state index in [0.717, 1.165) is 12.1 Å². The summed E-state index contributed by atoms with van der Waals surface area (Å²) in [5, 5.41) is 23.6. The van der Waals surface area contributed by atoms with Crippen LogP contribution in [-0.4, -0.2) is 19.9 Å². The fraction of sp³-hybridized carbons (Fsp3) is 0.308. The molecule has 0 aliphatic rings. The number of halogens is 2. The van der Waals surface area contributed by atoms with Gasteiger partial charge in [-0.1, -0.05) is 6.07 Å². The topological polar surface area (TPSA) is 74.7 Å². The largest absolute Gasteiger partial charge is 0.382 e. The Kier molecular flexibility index (Phi) is 3.77. The molecule has 2 atom stereocenters. The van der Waals surface area contributed by atoms with Crippen LogP contribution in [0.1, 0.15) is 12.5 Å². The van der Waals surface area contributed by atoms with Crippen LogP contribution in [-0.2, 0) is 12.1 Å². The molecule has 0 fully saturated rings. The molecule has 2 rings (SSSR count). The van der Waals surface area contributed by atoms with Gasteiger partial charge < -0.3 is 5.11 Å². The van der Waals surface area contributed by atoms with Gasteiger partial charge in [-0.05, 0) is 13.0 Å². The number of hydrogen-bond acceptors (Lipinski definition) is 4. The highest BCUT2D eigenvalue weighted by molar-refractivity contribution is 5.27. The van der Waals surface area contributed by atoms with Crippen LogP contribution in [0.25, 0.3) is 0 Å². The van der Waals surface area contributed by atoms with Crippen molar-refractivity contribution in [2.75, 3.05) is 0 Å². The fourth-order valence-corrected chi connectivity index (χ4v) is 1.96. The van der Waals surface area contributed by atoms with E-state index in [9.17, 15) is 13.9 Å². The lowest BCUT2D eigenvalue weighted by atomic mass is 9.82. The minimum Gasteiger partial charge on any atom is -0.382 e. The van der Waals surface area contributed by atoms with E-state index in [1.165, 1.54) is 24.3 Å². The summed E-state index contributed by atoms with van der Waals surface area (Å²) in [5.41, 5.74) is -1.98. The van der Waals surface area contributed by atoms with Crippen molar-refractivity contribution in [3.63, 3.8) is 0 Å². The summed E-state index contributed by atoms with van der Waals surface area (Å²) < 4.78 is 28.2. The second-order valence-electron chi connectivity index (χ2n) is 4.49. The summed E-state index contributed by atoms with van der Waals surface area (Å²) in [6.45, 7) is 1.30. The molecule has 20 heavy (non-hydrogen) atoms. The first-order valence-corrected chi connectivity index (χ1v) is 5.87. The van der Waals surface area contributed by atoms with Crippen LogP contribution >= 0.6 is 0 Å². The van der Waals surface area contributed by atoms with Gasteiger partial charge in [0.1, 0.15) is 29.9 Å². The number of hydrogen-bond donors (Lipinski definition) is 1. The van der Waals surface area contributed by atoms with E-state index >= 15 is 0 Å². The van der Waals surface area contributed by atoms with Gasteiger partial charge in [0, 0.05) is 11.6 Å². The molecule has 2 aromatic rings. The van der Waals surface area contributed by atoms with Crippen molar-refractivity contribution in [1.29, 1.82) is 5.26 Å². The SMILES string of the molecule is C[C@H](C#N)[C@@](O)(Cn1cncn1)c1ccc(F)cc1F. The van der Waals surface area contributed by atoms with Gasteiger partial charge in [0.2, 0.25) is 0 Å².